The summed E-state index contributed by atoms with van der Waals surface area (Å²) in [5.41, 5.74) is 0. The molecule has 122 valence electrons. The molecule has 0 radical (unpaired) electrons. The first kappa shape index (κ1) is 18.3. The Kier molecular flexibility index (Phi) is 8.72. The van der Waals surface area contributed by atoms with Crippen LogP contribution in [0.2, 0.25) is 0 Å². The molecule has 0 aromatic rings. The van der Waals surface area contributed by atoms with Crippen LogP contribution in [0.1, 0.15) is 72.6 Å². The Balaban J connectivity index is 2.46. The highest BCUT2D eigenvalue weighted by atomic mass is 16.2. The van der Waals surface area contributed by atoms with E-state index in [0.29, 0.717) is 17.7 Å². The molecule has 0 heterocycles. The van der Waals surface area contributed by atoms with Gasteiger partial charge in [0.05, 0.1) is 0 Å². The van der Waals surface area contributed by atoms with Gasteiger partial charge in [0.1, 0.15) is 0 Å². The lowest BCUT2D eigenvalue weighted by Gasteiger charge is -2.30. The van der Waals surface area contributed by atoms with Crippen LogP contribution in [0.5, 0.6) is 0 Å². The van der Waals surface area contributed by atoms with E-state index >= 15 is 0 Å². The molecule has 1 amide bonds. The fourth-order valence-electron chi connectivity index (χ4n) is 3.13. The Morgan fingerprint density at radius 1 is 1.24 bits per heavy atom. The molecule has 2 atom stereocenters. The van der Waals surface area contributed by atoms with Crippen molar-refractivity contribution in [3.63, 3.8) is 0 Å². The summed E-state index contributed by atoms with van der Waals surface area (Å²) in [6, 6.07) is 0. The molecule has 2 heteroatoms. The molecule has 2 unspecified atom stereocenters. The van der Waals surface area contributed by atoms with Gasteiger partial charge in [-0.1, -0.05) is 46.3 Å². The number of rotatable bonds is 11. The highest BCUT2D eigenvalue weighted by Gasteiger charge is 2.34. The third kappa shape index (κ3) is 6.67. The molecule has 2 nitrogen and oxygen atoms in total. The first-order valence-corrected chi connectivity index (χ1v) is 9.07. The molecule has 0 N–H and O–H groups in total. The van der Waals surface area contributed by atoms with Gasteiger partial charge in [0.25, 0.3) is 0 Å². The fourth-order valence-corrected chi connectivity index (χ4v) is 3.13. The molecule has 0 bridgehead atoms. The minimum atomic E-state index is 0.358. The maximum absolute atomic E-state index is 12.4. The van der Waals surface area contributed by atoms with Gasteiger partial charge in [-0.3, -0.25) is 4.79 Å². The second-order valence-electron chi connectivity index (χ2n) is 6.66. The first-order chi connectivity index (χ1) is 10.1. The van der Waals surface area contributed by atoms with Crippen molar-refractivity contribution in [1.82, 2.24) is 4.90 Å². The van der Waals surface area contributed by atoms with E-state index in [1.54, 1.807) is 0 Å². The molecule has 1 fully saturated rings. The van der Waals surface area contributed by atoms with Crippen molar-refractivity contribution in [2.45, 2.75) is 72.6 Å². The number of carbonyl (C=O) groups is 1. The zero-order valence-electron chi connectivity index (χ0n) is 14.6. The van der Waals surface area contributed by atoms with E-state index in [4.69, 9.17) is 0 Å². The Hall–Kier alpha value is -0.790. The summed E-state index contributed by atoms with van der Waals surface area (Å²) in [5.74, 6) is 2.12. The number of amides is 1. The Morgan fingerprint density at radius 2 is 1.95 bits per heavy atom. The summed E-state index contributed by atoms with van der Waals surface area (Å²) < 4.78 is 0. The van der Waals surface area contributed by atoms with Gasteiger partial charge < -0.3 is 4.90 Å². The third-order valence-corrected chi connectivity index (χ3v) is 4.68. The zero-order chi connectivity index (χ0) is 15.7. The summed E-state index contributed by atoms with van der Waals surface area (Å²) in [6.07, 6.45) is 12.7. The summed E-state index contributed by atoms with van der Waals surface area (Å²) in [5, 5.41) is 0. The minimum Gasteiger partial charge on any atom is -0.342 e. The van der Waals surface area contributed by atoms with Gasteiger partial charge in [0.2, 0.25) is 5.91 Å². The molecule has 0 aromatic heterocycles. The largest absolute Gasteiger partial charge is 0.342 e. The number of hydrogen-bond acceptors (Lipinski definition) is 1. The van der Waals surface area contributed by atoms with Crippen molar-refractivity contribution in [3.05, 3.63) is 12.2 Å². The number of carbonyl (C=O) groups excluding carboxylic acids is 1. The monoisotopic (exact) mass is 293 g/mol. The molecule has 1 aliphatic carbocycles. The third-order valence-electron chi connectivity index (χ3n) is 4.68. The molecule has 0 spiro atoms. The van der Waals surface area contributed by atoms with Crippen LogP contribution in [0.25, 0.3) is 0 Å². The molecule has 1 saturated carbocycles. The first-order valence-electron chi connectivity index (χ1n) is 9.07. The lowest BCUT2D eigenvalue weighted by atomic mass is 9.87. The summed E-state index contributed by atoms with van der Waals surface area (Å²) >= 11 is 0. The lowest BCUT2D eigenvalue weighted by Crippen LogP contribution is -2.38. The Labute approximate surface area is 132 Å². The van der Waals surface area contributed by atoms with Crippen LogP contribution < -0.4 is 0 Å². The minimum absolute atomic E-state index is 0.358. The van der Waals surface area contributed by atoms with Crippen LogP contribution in [0.15, 0.2) is 12.2 Å². The Bertz CT molecular complexity index is 320. The molecule has 0 saturated heterocycles. The van der Waals surface area contributed by atoms with Gasteiger partial charge in [0, 0.05) is 19.0 Å². The predicted octanol–water partition coefficient (Wildman–Crippen LogP) is 5.04. The quantitative estimate of drug-likeness (QED) is 0.488. The topological polar surface area (TPSA) is 20.3 Å². The highest BCUT2D eigenvalue weighted by Crippen LogP contribution is 2.32. The van der Waals surface area contributed by atoms with Gasteiger partial charge in [-0.15, -0.1) is 0 Å². The van der Waals surface area contributed by atoms with Crippen LogP contribution in [-0.2, 0) is 4.79 Å². The van der Waals surface area contributed by atoms with E-state index < -0.39 is 0 Å². The second-order valence-corrected chi connectivity index (χ2v) is 6.66. The maximum atomic E-state index is 12.4. The predicted molar refractivity (Wildman–Crippen MR) is 91.2 cm³/mol. The van der Waals surface area contributed by atoms with Crippen molar-refractivity contribution in [3.8, 4) is 0 Å². The fraction of sp³-hybridized carbons (Fsp3) is 0.842. The average Bonchev–Trinajstić information content (AvgIpc) is 3.30. The molecular formula is C19H35NO. The number of nitrogens with zero attached hydrogens (tertiary/aromatic N) is 1. The van der Waals surface area contributed by atoms with Crippen LogP contribution in [0.3, 0.4) is 0 Å². The van der Waals surface area contributed by atoms with E-state index in [1.165, 1.54) is 19.3 Å². The average molecular weight is 293 g/mol. The van der Waals surface area contributed by atoms with Crippen molar-refractivity contribution in [2.75, 3.05) is 13.1 Å². The van der Waals surface area contributed by atoms with Crippen LogP contribution in [-0.4, -0.2) is 23.9 Å². The molecular weight excluding hydrogens is 258 g/mol. The summed E-state index contributed by atoms with van der Waals surface area (Å²) in [7, 11) is 0. The molecule has 1 rings (SSSR count). The van der Waals surface area contributed by atoms with E-state index in [9.17, 15) is 4.79 Å². The molecule has 1 aliphatic rings. The van der Waals surface area contributed by atoms with Gasteiger partial charge in [-0.25, -0.2) is 0 Å². The molecule has 21 heavy (non-hydrogen) atoms. The number of hydrogen-bond donors (Lipinski definition) is 0. The van der Waals surface area contributed by atoms with Crippen molar-refractivity contribution < 1.29 is 4.79 Å². The number of allylic oxidation sites excluding steroid dienone is 2. The van der Waals surface area contributed by atoms with Crippen molar-refractivity contribution in [2.24, 2.45) is 17.8 Å². The van der Waals surface area contributed by atoms with Crippen molar-refractivity contribution >= 4 is 5.91 Å². The van der Waals surface area contributed by atoms with Gasteiger partial charge in [0.15, 0.2) is 0 Å². The summed E-state index contributed by atoms with van der Waals surface area (Å²) in [4.78, 5) is 14.5. The lowest BCUT2D eigenvalue weighted by molar-refractivity contribution is -0.133. The second kappa shape index (κ2) is 10.0. The van der Waals surface area contributed by atoms with Gasteiger partial charge in [-0.05, 0) is 50.4 Å². The van der Waals surface area contributed by atoms with Gasteiger partial charge >= 0.3 is 0 Å². The maximum Gasteiger partial charge on any atom is 0.225 e. The standard InChI is InChI=1S/C19H35NO/c1-5-8-9-10-11-17(7-3)16(4)15-20(14-6-2)19(21)18-12-13-18/h8-9,16-18H,5-7,10-15H2,1-4H3/b9-8-. The normalized spacial score (nSPS) is 17.9. The van der Waals surface area contributed by atoms with Gasteiger partial charge in [-0.2, -0.15) is 0 Å². The smallest absolute Gasteiger partial charge is 0.225 e. The Morgan fingerprint density at radius 3 is 2.48 bits per heavy atom. The van der Waals surface area contributed by atoms with Crippen LogP contribution >= 0.6 is 0 Å². The van der Waals surface area contributed by atoms with Crippen LogP contribution in [0, 0.1) is 17.8 Å². The molecule has 0 aromatic carbocycles. The van der Waals surface area contributed by atoms with E-state index in [1.807, 2.05) is 0 Å². The van der Waals surface area contributed by atoms with Crippen LogP contribution in [0.4, 0.5) is 0 Å². The SMILES string of the molecule is CC/C=C\CCC(CC)C(C)CN(CCC)C(=O)C1CC1. The van der Waals surface area contributed by atoms with Crippen molar-refractivity contribution in [1.29, 1.82) is 0 Å². The van der Waals surface area contributed by atoms with E-state index in [0.717, 1.165) is 44.7 Å². The van der Waals surface area contributed by atoms with E-state index in [-0.39, 0.29) is 0 Å². The molecule has 0 aliphatic heterocycles. The zero-order valence-corrected chi connectivity index (χ0v) is 14.6. The summed E-state index contributed by atoms with van der Waals surface area (Å²) in [6.45, 7) is 10.9. The highest BCUT2D eigenvalue weighted by molar-refractivity contribution is 5.81. The van der Waals surface area contributed by atoms with E-state index in [2.05, 4.69) is 44.7 Å².